The molecule has 0 fully saturated rings. The van der Waals surface area contributed by atoms with Crippen molar-refractivity contribution in [2.24, 2.45) is 0 Å². The highest BCUT2D eigenvalue weighted by atomic mass is 16.5. The van der Waals surface area contributed by atoms with Crippen molar-refractivity contribution in [2.45, 2.75) is 39.7 Å². The topological polar surface area (TPSA) is 46.6 Å². The maximum Gasteiger partial charge on any atom is 0.223 e. The normalized spacial score (nSPS) is 11.7. The van der Waals surface area contributed by atoms with Crippen LogP contribution in [0.5, 0.6) is 5.75 Å². The van der Waals surface area contributed by atoms with Gasteiger partial charge in [-0.3, -0.25) is 9.59 Å². The summed E-state index contributed by atoms with van der Waals surface area (Å²) in [6, 6.07) is 14.7. The first-order valence-electron chi connectivity index (χ1n) is 8.95. The van der Waals surface area contributed by atoms with E-state index in [2.05, 4.69) is 0 Å². The molecule has 138 valence electrons. The molecule has 0 aliphatic carbocycles. The van der Waals surface area contributed by atoms with Gasteiger partial charge in [-0.05, 0) is 56.5 Å². The standard InChI is InChI=1S/C22H27NO3/c1-16-12-13-19(15-17(16)2)22(25)18(3)23(4)21(24)11-8-14-26-20-9-6-5-7-10-20/h5-7,9-10,12-13,15,18H,8,11,14H2,1-4H3. The number of rotatable bonds is 8. The predicted molar refractivity (Wildman–Crippen MR) is 104 cm³/mol. The zero-order valence-corrected chi connectivity index (χ0v) is 16.0. The summed E-state index contributed by atoms with van der Waals surface area (Å²) in [5.74, 6) is 0.711. The third-order valence-corrected chi connectivity index (χ3v) is 4.69. The third kappa shape index (κ3) is 5.19. The van der Waals surface area contributed by atoms with Crippen LogP contribution in [0.2, 0.25) is 0 Å². The fraction of sp³-hybridized carbons (Fsp3) is 0.364. The Morgan fingerprint density at radius 2 is 1.73 bits per heavy atom. The highest BCUT2D eigenvalue weighted by Gasteiger charge is 2.23. The molecular formula is C22H27NO3. The van der Waals surface area contributed by atoms with Crippen LogP contribution in [-0.2, 0) is 4.79 Å². The first-order chi connectivity index (χ1) is 12.4. The summed E-state index contributed by atoms with van der Waals surface area (Å²) in [5.41, 5.74) is 2.87. The van der Waals surface area contributed by atoms with Crippen LogP contribution in [0.1, 0.15) is 41.3 Å². The van der Waals surface area contributed by atoms with E-state index in [1.54, 1.807) is 14.0 Å². The number of ether oxygens (including phenoxy) is 1. The number of hydrogen-bond donors (Lipinski definition) is 0. The Kier molecular flexibility index (Phi) is 6.96. The minimum Gasteiger partial charge on any atom is -0.494 e. The number of carbonyl (C=O) groups excluding carboxylic acids is 2. The van der Waals surface area contributed by atoms with Gasteiger partial charge in [0.2, 0.25) is 5.91 Å². The third-order valence-electron chi connectivity index (χ3n) is 4.69. The second-order valence-electron chi connectivity index (χ2n) is 6.61. The van der Waals surface area contributed by atoms with Crippen molar-refractivity contribution in [3.63, 3.8) is 0 Å². The summed E-state index contributed by atoms with van der Waals surface area (Å²) >= 11 is 0. The smallest absolute Gasteiger partial charge is 0.223 e. The molecule has 0 aliphatic heterocycles. The van der Waals surface area contributed by atoms with Gasteiger partial charge in [0.25, 0.3) is 0 Å². The Hall–Kier alpha value is -2.62. The molecule has 0 N–H and O–H groups in total. The Morgan fingerprint density at radius 3 is 2.38 bits per heavy atom. The van der Waals surface area contributed by atoms with Gasteiger partial charge in [0.05, 0.1) is 12.6 Å². The molecule has 0 aliphatic rings. The van der Waals surface area contributed by atoms with Crippen molar-refractivity contribution in [3.05, 3.63) is 65.2 Å². The van der Waals surface area contributed by atoms with E-state index in [0.29, 0.717) is 25.0 Å². The van der Waals surface area contributed by atoms with E-state index in [-0.39, 0.29) is 11.7 Å². The van der Waals surface area contributed by atoms with Crippen LogP contribution in [0, 0.1) is 13.8 Å². The SMILES string of the molecule is Cc1ccc(C(=O)C(C)N(C)C(=O)CCCOc2ccccc2)cc1C. The summed E-state index contributed by atoms with van der Waals surface area (Å²) in [5, 5.41) is 0. The molecule has 0 aromatic heterocycles. The lowest BCUT2D eigenvalue weighted by Gasteiger charge is -2.24. The highest BCUT2D eigenvalue weighted by Crippen LogP contribution is 2.15. The number of aryl methyl sites for hydroxylation is 2. The monoisotopic (exact) mass is 353 g/mol. The molecule has 4 heteroatoms. The molecule has 2 rings (SSSR count). The van der Waals surface area contributed by atoms with Crippen LogP contribution < -0.4 is 4.74 Å². The molecule has 4 nitrogen and oxygen atoms in total. The van der Waals surface area contributed by atoms with E-state index in [4.69, 9.17) is 4.74 Å². The lowest BCUT2D eigenvalue weighted by atomic mass is 9.99. The van der Waals surface area contributed by atoms with E-state index in [0.717, 1.165) is 16.9 Å². The number of carbonyl (C=O) groups is 2. The first kappa shape index (κ1) is 19.7. The zero-order valence-electron chi connectivity index (χ0n) is 16.0. The maximum absolute atomic E-state index is 12.7. The van der Waals surface area contributed by atoms with Crippen molar-refractivity contribution in [2.75, 3.05) is 13.7 Å². The second kappa shape index (κ2) is 9.18. The zero-order chi connectivity index (χ0) is 19.1. The van der Waals surface area contributed by atoms with Gasteiger partial charge in [-0.15, -0.1) is 0 Å². The highest BCUT2D eigenvalue weighted by molar-refractivity contribution is 6.01. The van der Waals surface area contributed by atoms with Crippen molar-refractivity contribution in [1.82, 2.24) is 4.90 Å². The summed E-state index contributed by atoms with van der Waals surface area (Å²) in [4.78, 5) is 26.5. The van der Waals surface area contributed by atoms with Crippen LogP contribution >= 0.6 is 0 Å². The molecule has 2 aromatic carbocycles. The number of benzene rings is 2. The molecule has 0 bridgehead atoms. The number of hydrogen-bond acceptors (Lipinski definition) is 3. The Balaban J connectivity index is 1.84. The average Bonchev–Trinajstić information content (AvgIpc) is 2.66. The number of amides is 1. The van der Waals surface area contributed by atoms with Crippen molar-refractivity contribution in [1.29, 1.82) is 0 Å². The molecule has 0 radical (unpaired) electrons. The summed E-state index contributed by atoms with van der Waals surface area (Å²) < 4.78 is 5.60. The number of likely N-dealkylation sites (N-methyl/N-ethyl adjacent to an activating group) is 1. The van der Waals surface area contributed by atoms with E-state index in [9.17, 15) is 9.59 Å². The largest absolute Gasteiger partial charge is 0.494 e. The van der Waals surface area contributed by atoms with Gasteiger partial charge >= 0.3 is 0 Å². The van der Waals surface area contributed by atoms with E-state index in [1.807, 2.05) is 62.4 Å². The van der Waals surface area contributed by atoms with Crippen LogP contribution in [0.15, 0.2) is 48.5 Å². The molecule has 0 saturated heterocycles. The Labute approximate surface area is 155 Å². The summed E-state index contributed by atoms with van der Waals surface area (Å²) in [7, 11) is 1.68. The van der Waals surface area contributed by atoms with Crippen LogP contribution in [0.3, 0.4) is 0 Å². The quantitative estimate of drug-likeness (QED) is 0.528. The molecule has 0 heterocycles. The van der Waals surface area contributed by atoms with Crippen molar-refractivity contribution >= 4 is 11.7 Å². The van der Waals surface area contributed by atoms with Gasteiger partial charge in [0.15, 0.2) is 5.78 Å². The molecule has 1 atom stereocenters. The molecule has 1 unspecified atom stereocenters. The van der Waals surface area contributed by atoms with Crippen molar-refractivity contribution < 1.29 is 14.3 Å². The average molecular weight is 353 g/mol. The minimum absolute atomic E-state index is 0.0375. The van der Waals surface area contributed by atoms with E-state index >= 15 is 0 Å². The fourth-order valence-corrected chi connectivity index (χ4v) is 2.63. The summed E-state index contributed by atoms with van der Waals surface area (Å²) in [6.45, 7) is 6.25. The number of Topliss-reactive ketones (excluding diaryl/α,β-unsaturated/α-hetero) is 1. The fourth-order valence-electron chi connectivity index (χ4n) is 2.63. The second-order valence-corrected chi connectivity index (χ2v) is 6.61. The number of para-hydroxylation sites is 1. The molecular weight excluding hydrogens is 326 g/mol. The molecule has 0 spiro atoms. The van der Waals surface area contributed by atoms with Crippen LogP contribution in [-0.4, -0.2) is 36.3 Å². The van der Waals surface area contributed by atoms with Gasteiger partial charge in [0.1, 0.15) is 5.75 Å². The lowest BCUT2D eigenvalue weighted by molar-refractivity contribution is -0.131. The van der Waals surface area contributed by atoms with Gasteiger partial charge < -0.3 is 9.64 Å². The van der Waals surface area contributed by atoms with Crippen molar-refractivity contribution in [3.8, 4) is 5.75 Å². The first-order valence-corrected chi connectivity index (χ1v) is 8.95. The number of nitrogens with zero attached hydrogens (tertiary/aromatic N) is 1. The van der Waals surface area contributed by atoms with Gasteiger partial charge in [0, 0.05) is 19.0 Å². The number of ketones is 1. The Bertz CT molecular complexity index is 755. The maximum atomic E-state index is 12.7. The summed E-state index contributed by atoms with van der Waals surface area (Å²) in [6.07, 6.45) is 0.969. The van der Waals surface area contributed by atoms with Gasteiger partial charge in [-0.1, -0.05) is 30.3 Å². The van der Waals surface area contributed by atoms with E-state index in [1.165, 1.54) is 4.90 Å². The molecule has 1 amide bonds. The Morgan fingerprint density at radius 1 is 1.04 bits per heavy atom. The molecule has 26 heavy (non-hydrogen) atoms. The lowest BCUT2D eigenvalue weighted by Crippen LogP contribution is -2.40. The van der Waals surface area contributed by atoms with Gasteiger partial charge in [-0.25, -0.2) is 0 Å². The van der Waals surface area contributed by atoms with Gasteiger partial charge in [-0.2, -0.15) is 0 Å². The van der Waals surface area contributed by atoms with Crippen LogP contribution in [0.25, 0.3) is 0 Å². The van der Waals surface area contributed by atoms with Crippen LogP contribution in [0.4, 0.5) is 0 Å². The van der Waals surface area contributed by atoms with E-state index < -0.39 is 6.04 Å². The molecule has 0 saturated carbocycles. The predicted octanol–water partition coefficient (Wildman–Crippen LogP) is 4.19. The minimum atomic E-state index is -0.486. The molecule has 2 aromatic rings.